The first-order valence-electron chi connectivity index (χ1n) is 14.1. The van der Waals surface area contributed by atoms with Crippen molar-refractivity contribution in [1.82, 2.24) is 20.4 Å². The van der Waals surface area contributed by atoms with Crippen LogP contribution < -0.4 is 21.3 Å². The number of primary amides is 1. The van der Waals surface area contributed by atoms with Crippen LogP contribution >= 0.6 is 0 Å². The highest BCUT2D eigenvalue weighted by Crippen LogP contribution is 2.29. The van der Waals surface area contributed by atoms with E-state index in [1.165, 1.54) is 18.5 Å². The van der Waals surface area contributed by atoms with E-state index in [9.17, 15) is 4.79 Å². The van der Waals surface area contributed by atoms with E-state index in [4.69, 9.17) is 14.7 Å². The van der Waals surface area contributed by atoms with E-state index in [0.717, 1.165) is 49.9 Å². The molecule has 2 aromatic carbocycles. The van der Waals surface area contributed by atoms with Gasteiger partial charge >= 0.3 is 0 Å². The number of nitrogens with one attached hydrogen (secondary N) is 2. The summed E-state index contributed by atoms with van der Waals surface area (Å²) in [5.74, 6) is 1.33. The van der Waals surface area contributed by atoms with Crippen LogP contribution in [-0.4, -0.2) is 52.2 Å². The summed E-state index contributed by atoms with van der Waals surface area (Å²) in [6, 6.07) is 16.9. The number of aryl methyl sites for hydroxylation is 1. The van der Waals surface area contributed by atoms with Crippen LogP contribution in [0, 0.1) is 6.92 Å². The zero-order valence-corrected chi connectivity index (χ0v) is 22.7. The summed E-state index contributed by atoms with van der Waals surface area (Å²) in [4.78, 5) is 22.8. The Bertz CT molecular complexity index is 1450. The van der Waals surface area contributed by atoms with Crippen LogP contribution in [0.25, 0.3) is 22.8 Å². The van der Waals surface area contributed by atoms with Crippen LogP contribution in [-0.2, 0) is 0 Å². The Hall–Kier alpha value is -4.18. The summed E-state index contributed by atoms with van der Waals surface area (Å²) in [6.45, 7) is 3.82. The van der Waals surface area contributed by atoms with Crippen molar-refractivity contribution in [2.75, 3.05) is 23.3 Å². The lowest BCUT2D eigenvalue weighted by molar-refractivity contribution is 0.100. The second kappa shape index (κ2) is 11.5. The highest BCUT2D eigenvalue weighted by molar-refractivity contribution is 5.93. The van der Waals surface area contributed by atoms with Crippen molar-refractivity contribution in [3.05, 3.63) is 66.1 Å². The van der Waals surface area contributed by atoms with Gasteiger partial charge in [0.15, 0.2) is 11.6 Å². The molecular formula is C30H35N7O3. The monoisotopic (exact) mass is 541 g/mol. The van der Waals surface area contributed by atoms with Crippen LogP contribution in [0.5, 0.6) is 0 Å². The molecule has 1 saturated heterocycles. The number of aromatic nitrogens is 3. The number of rotatable bonds is 8. The number of benzene rings is 2. The number of oxazole rings is 1. The van der Waals surface area contributed by atoms with Crippen LogP contribution in [0.3, 0.4) is 0 Å². The Morgan fingerprint density at radius 3 is 2.62 bits per heavy atom. The van der Waals surface area contributed by atoms with Gasteiger partial charge in [0.1, 0.15) is 0 Å². The Balaban J connectivity index is 1.08. The zero-order valence-electron chi connectivity index (χ0n) is 22.7. The fourth-order valence-corrected chi connectivity index (χ4v) is 5.84. The van der Waals surface area contributed by atoms with Crippen LogP contribution in [0.4, 0.5) is 11.7 Å². The molecule has 6 rings (SSSR count). The molecule has 0 radical (unpaired) electrons. The highest BCUT2D eigenvalue weighted by atomic mass is 16.5. The quantitative estimate of drug-likeness (QED) is 0.288. The number of nitrogens with two attached hydrogens (primary N) is 1. The number of carbonyl (C=O) groups is 1. The molecule has 2 aliphatic rings. The molecule has 4 N–H and O–H groups in total. The van der Waals surface area contributed by atoms with Gasteiger partial charge in [-0.15, -0.1) is 0 Å². The maximum atomic E-state index is 11.6. The number of hydrogen-bond donors (Lipinski definition) is 3. The second-order valence-electron chi connectivity index (χ2n) is 10.8. The Kier molecular flexibility index (Phi) is 7.50. The number of anilines is 2. The van der Waals surface area contributed by atoms with Gasteiger partial charge in [0, 0.05) is 53.6 Å². The maximum absolute atomic E-state index is 11.6. The van der Waals surface area contributed by atoms with Gasteiger partial charge in [-0.3, -0.25) is 4.79 Å². The van der Waals surface area contributed by atoms with E-state index < -0.39 is 5.91 Å². The lowest BCUT2D eigenvalue weighted by atomic mass is 9.89. The molecule has 3 heterocycles. The van der Waals surface area contributed by atoms with Gasteiger partial charge < -0.3 is 30.2 Å². The summed E-state index contributed by atoms with van der Waals surface area (Å²) < 4.78 is 11.3. The van der Waals surface area contributed by atoms with Crippen molar-refractivity contribution < 1.29 is 13.7 Å². The molecule has 1 aliphatic heterocycles. The molecule has 2 fully saturated rings. The zero-order chi connectivity index (χ0) is 27.5. The van der Waals surface area contributed by atoms with Gasteiger partial charge in [-0.05, 0) is 69.0 Å². The van der Waals surface area contributed by atoms with Gasteiger partial charge in [-0.2, -0.15) is 4.98 Å². The summed E-state index contributed by atoms with van der Waals surface area (Å²) in [5, 5.41) is 11.4. The standard InChI is InChI=1S/C30H35N7O3/c1-19-33-29(40-36-19)20-11-13-24(14-12-20)37-15-5-8-23(18-37)34-25-9-2-3-10-26(25)35-30-32-17-27(39-30)21-6-4-7-22(16-21)28(31)38/h4,6-7,11-14,16-17,23,25-26,34H,2-3,5,8-10,15,18H2,1H3,(H2,31,38)(H,32,35)/t23-,25+,26+/m0/s1. The maximum Gasteiger partial charge on any atom is 0.295 e. The minimum absolute atomic E-state index is 0.227. The first-order chi connectivity index (χ1) is 19.5. The Labute approximate surface area is 233 Å². The third-order valence-corrected chi connectivity index (χ3v) is 7.89. The highest BCUT2D eigenvalue weighted by Gasteiger charge is 2.30. The van der Waals surface area contributed by atoms with Crippen molar-refractivity contribution >= 4 is 17.6 Å². The number of carbonyl (C=O) groups excluding carboxylic acids is 1. The molecule has 1 amide bonds. The van der Waals surface area contributed by atoms with Gasteiger partial charge in [0.05, 0.1) is 6.20 Å². The number of piperidine rings is 1. The molecule has 4 aromatic rings. The molecule has 3 atom stereocenters. The first-order valence-corrected chi connectivity index (χ1v) is 14.1. The fraction of sp³-hybridized carbons (Fsp3) is 0.400. The summed E-state index contributed by atoms with van der Waals surface area (Å²) in [7, 11) is 0. The summed E-state index contributed by atoms with van der Waals surface area (Å²) in [6.07, 6.45) is 8.53. The number of nitrogens with zero attached hydrogens (tertiary/aromatic N) is 4. The molecule has 40 heavy (non-hydrogen) atoms. The van der Waals surface area contributed by atoms with Gasteiger partial charge in [-0.1, -0.05) is 30.1 Å². The van der Waals surface area contributed by atoms with Gasteiger partial charge in [-0.25, -0.2) is 4.98 Å². The van der Waals surface area contributed by atoms with Crippen molar-refractivity contribution in [2.24, 2.45) is 5.73 Å². The average Bonchev–Trinajstić information content (AvgIpc) is 3.64. The van der Waals surface area contributed by atoms with Crippen molar-refractivity contribution in [1.29, 1.82) is 0 Å². The second-order valence-corrected chi connectivity index (χ2v) is 10.8. The molecule has 10 nitrogen and oxygen atoms in total. The lowest BCUT2D eigenvalue weighted by Gasteiger charge is -2.40. The molecule has 0 unspecified atom stereocenters. The van der Waals surface area contributed by atoms with E-state index in [2.05, 4.69) is 54.9 Å². The molecule has 1 aliphatic carbocycles. The molecule has 0 spiro atoms. The van der Waals surface area contributed by atoms with E-state index in [-0.39, 0.29) is 6.04 Å². The Morgan fingerprint density at radius 2 is 1.85 bits per heavy atom. The molecular weight excluding hydrogens is 506 g/mol. The van der Waals surface area contributed by atoms with E-state index in [0.29, 0.717) is 41.1 Å². The predicted octanol–water partition coefficient (Wildman–Crippen LogP) is 4.78. The first kappa shape index (κ1) is 26.1. The molecule has 208 valence electrons. The van der Waals surface area contributed by atoms with Crippen molar-refractivity contribution in [3.8, 4) is 22.8 Å². The predicted molar refractivity (Wildman–Crippen MR) is 153 cm³/mol. The fourth-order valence-electron chi connectivity index (χ4n) is 5.84. The van der Waals surface area contributed by atoms with E-state index in [1.807, 2.05) is 13.0 Å². The van der Waals surface area contributed by atoms with Gasteiger partial charge in [0.2, 0.25) is 5.91 Å². The van der Waals surface area contributed by atoms with E-state index in [1.54, 1.807) is 24.4 Å². The lowest BCUT2D eigenvalue weighted by Crippen LogP contribution is -2.54. The molecule has 0 bridgehead atoms. The molecule has 2 aromatic heterocycles. The third-order valence-electron chi connectivity index (χ3n) is 7.89. The number of amides is 1. The van der Waals surface area contributed by atoms with Crippen LogP contribution in [0.1, 0.15) is 54.7 Å². The minimum Gasteiger partial charge on any atom is -0.424 e. The smallest absolute Gasteiger partial charge is 0.295 e. The SMILES string of the molecule is Cc1noc(-c2ccc(N3CCC[C@H](N[C@@H]4CCCC[C@H]4Nc4ncc(-c5cccc(C(N)=O)c5)o4)C3)cc2)n1. The molecule has 1 saturated carbocycles. The van der Waals surface area contributed by atoms with Crippen molar-refractivity contribution in [3.63, 3.8) is 0 Å². The number of hydrogen-bond acceptors (Lipinski definition) is 9. The third kappa shape index (κ3) is 5.86. The summed E-state index contributed by atoms with van der Waals surface area (Å²) in [5.41, 5.74) is 8.79. The normalized spacial score (nSPS) is 21.3. The van der Waals surface area contributed by atoms with E-state index >= 15 is 0 Å². The largest absolute Gasteiger partial charge is 0.424 e. The van der Waals surface area contributed by atoms with Crippen LogP contribution in [0.2, 0.25) is 0 Å². The average molecular weight is 542 g/mol. The van der Waals surface area contributed by atoms with Gasteiger partial charge in [0.25, 0.3) is 11.9 Å². The Morgan fingerprint density at radius 1 is 1.02 bits per heavy atom. The minimum atomic E-state index is -0.465. The topological polar surface area (TPSA) is 135 Å². The molecule has 10 heteroatoms. The van der Waals surface area contributed by atoms with Crippen LogP contribution in [0.15, 0.2) is 63.7 Å². The van der Waals surface area contributed by atoms with Crippen molar-refractivity contribution in [2.45, 2.75) is 63.6 Å². The summed E-state index contributed by atoms with van der Waals surface area (Å²) >= 11 is 0.